The molecule has 0 radical (unpaired) electrons. The average Bonchev–Trinajstić information content (AvgIpc) is 2.65. The fraction of sp³-hybridized carbons (Fsp3) is 0.333. The Labute approximate surface area is 164 Å². The van der Waals surface area contributed by atoms with Gasteiger partial charge in [-0.05, 0) is 30.0 Å². The number of carboxylic acids is 1. The summed E-state index contributed by atoms with van der Waals surface area (Å²) in [4.78, 5) is 23.7. The fourth-order valence-corrected chi connectivity index (χ4v) is 2.90. The Morgan fingerprint density at radius 1 is 1.00 bits per heavy atom. The molecule has 0 aromatic heterocycles. The Hall–Kier alpha value is -2.89. The Bertz CT molecular complexity index is 988. The van der Waals surface area contributed by atoms with Crippen molar-refractivity contribution in [1.29, 1.82) is 0 Å². The number of hydrogen-bond donors (Lipinski definition) is 2. The Kier molecular flexibility index (Phi) is 6.04. The zero-order valence-electron chi connectivity index (χ0n) is 15.3. The maximum Gasteiger partial charge on any atom is 0.460 e. The zero-order valence-corrected chi connectivity index (χ0v) is 15.3. The summed E-state index contributed by atoms with van der Waals surface area (Å²) in [6.07, 6.45) is -6.59. The largest absolute Gasteiger partial charge is 0.496 e. The first kappa shape index (κ1) is 23.4. The number of aliphatic carboxylic acids is 1. The van der Waals surface area contributed by atoms with E-state index in [1.54, 1.807) is 0 Å². The maximum absolute atomic E-state index is 14.6. The molecule has 30 heavy (non-hydrogen) atoms. The number of benzene rings is 2. The van der Waals surface area contributed by atoms with Crippen LogP contribution in [0.15, 0.2) is 30.3 Å². The molecule has 0 bridgehead atoms. The van der Waals surface area contributed by atoms with Gasteiger partial charge in [-0.1, -0.05) is 18.2 Å². The van der Waals surface area contributed by atoms with E-state index in [9.17, 15) is 40.3 Å². The monoisotopic (exact) mass is 441 g/mol. The quantitative estimate of drug-likeness (QED) is 0.386. The topological polar surface area (TPSA) is 75.6 Å². The van der Waals surface area contributed by atoms with Crippen LogP contribution < -0.4 is 10.1 Å². The molecule has 0 aliphatic carbocycles. The minimum Gasteiger partial charge on any atom is -0.496 e. The second-order valence-electron chi connectivity index (χ2n) is 6.11. The summed E-state index contributed by atoms with van der Waals surface area (Å²) in [5.41, 5.74) is -2.25. The van der Waals surface area contributed by atoms with Crippen LogP contribution in [-0.4, -0.2) is 49.2 Å². The molecule has 0 saturated carbocycles. The molecule has 2 N–H and O–H groups in total. The van der Waals surface area contributed by atoms with Crippen molar-refractivity contribution in [2.45, 2.75) is 24.1 Å². The second kappa shape index (κ2) is 7.74. The molecule has 0 heterocycles. The molecular weight excluding hydrogens is 427 g/mol. The van der Waals surface area contributed by atoms with E-state index in [4.69, 9.17) is 5.11 Å². The SMILES string of the molecule is CNC(C(=O)O)C(=O)c1cccc2c(C(F)(F)C(F)(F)C(F)(F)F)c(OC)ccc12. The predicted octanol–water partition coefficient (Wildman–Crippen LogP) is 3.99. The number of ether oxygens (including phenoxy) is 1. The van der Waals surface area contributed by atoms with Gasteiger partial charge in [0.15, 0.2) is 11.8 Å². The van der Waals surface area contributed by atoms with Gasteiger partial charge in [-0.3, -0.25) is 9.59 Å². The summed E-state index contributed by atoms with van der Waals surface area (Å²) < 4.78 is 99.2. The number of alkyl halides is 7. The standard InChI is InChI=1S/C18H14F7NO4/c1-26-13(15(28)29)14(27)10-5-3-4-9-8(10)6-7-11(30-2)12(9)16(19,20)17(21,22)18(23,24)25/h3-7,13,26H,1-2H3,(H,28,29). The van der Waals surface area contributed by atoms with Gasteiger partial charge in [-0.25, -0.2) is 0 Å². The molecule has 0 saturated heterocycles. The third-order valence-electron chi connectivity index (χ3n) is 4.37. The number of halogens is 7. The van der Waals surface area contributed by atoms with E-state index in [0.717, 1.165) is 38.4 Å². The number of ketones is 1. The average molecular weight is 441 g/mol. The summed E-state index contributed by atoms with van der Waals surface area (Å²) in [6.45, 7) is 0. The second-order valence-corrected chi connectivity index (χ2v) is 6.11. The van der Waals surface area contributed by atoms with Gasteiger partial charge in [0.05, 0.1) is 12.7 Å². The van der Waals surface area contributed by atoms with Crippen molar-refractivity contribution in [3.05, 3.63) is 41.5 Å². The highest BCUT2D eigenvalue weighted by Crippen LogP contribution is 2.55. The number of methoxy groups -OCH3 is 1. The van der Waals surface area contributed by atoms with Gasteiger partial charge in [0.2, 0.25) is 0 Å². The number of carbonyl (C=O) groups excluding carboxylic acids is 1. The number of Topliss-reactive ketones (excluding diaryl/α,β-unsaturated/α-hetero) is 1. The molecule has 2 aromatic carbocycles. The lowest BCUT2D eigenvalue weighted by atomic mass is 9.90. The molecule has 0 amide bonds. The first-order valence-corrected chi connectivity index (χ1v) is 8.09. The number of carboxylic acid groups (broad SMARTS) is 1. The summed E-state index contributed by atoms with van der Waals surface area (Å²) in [6, 6.07) is 2.67. The van der Waals surface area contributed by atoms with E-state index < -0.39 is 63.5 Å². The molecule has 0 fully saturated rings. The number of rotatable bonds is 7. The van der Waals surface area contributed by atoms with E-state index in [1.807, 2.05) is 0 Å². The highest BCUT2D eigenvalue weighted by atomic mass is 19.4. The van der Waals surface area contributed by atoms with Crippen LogP contribution in [0.3, 0.4) is 0 Å². The van der Waals surface area contributed by atoms with Gasteiger partial charge in [0.1, 0.15) is 5.75 Å². The molecule has 5 nitrogen and oxygen atoms in total. The summed E-state index contributed by atoms with van der Waals surface area (Å²) in [5.74, 6) is -15.9. The van der Waals surface area contributed by atoms with Crippen LogP contribution in [0.4, 0.5) is 30.7 Å². The fourth-order valence-electron chi connectivity index (χ4n) is 2.90. The van der Waals surface area contributed by atoms with Gasteiger partial charge in [0.25, 0.3) is 0 Å². The maximum atomic E-state index is 14.6. The summed E-state index contributed by atoms with van der Waals surface area (Å²) in [7, 11) is 1.93. The van der Waals surface area contributed by atoms with Gasteiger partial charge >= 0.3 is 24.0 Å². The number of fused-ring (bicyclic) bond motifs is 1. The Morgan fingerprint density at radius 2 is 1.60 bits per heavy atom. The normalized spacial score (nSPS) is 13.9. The summed E-state index contributed by atoms with van der Waals surface area (Å²) in [5, 5.41) is 10.0. The van der Waals surface area contributed by atoms with Gasteiger partial charge in [0, 0.05) is 5.56 Å². The molecular formula is C18H14F7NO4. The smallest absolute Gasteiger partial charge is 0.460 e. The minimum absolute atomic E-state index is 0.447. The number of nitrogens with one attached hydrogen (secondary N) is 1. The lowest BCUT2D eigenvalue weighted by Gasteiger charge is -2.30. The van der Waals surface area contributed by atoms with Gasteiger partial charge in [-0.15, -0.1) is 0 Å². The van der Waals surface area contributed by atoms with Crippen LogP contribution in [0.25, 0.3) is 10.8 Å². The third-order valence-corrected chi connectivity index (χ3v) is 4.37. The van der Waals surface area contributed by atoms with Crippen LogP contribution in [0.2, 0.25) is 0 Å². The number of likely N-dealkylation sites (N-methyl/N-ethyl adjacent to an activating group) is 1. The first-order valence-electron chi connectivity index (χ1n) is 8.09. The number of carbonyl (C=O) groups is 2. The highest BCUT2D eigenvalue weighted by Gasteiger charge is 2.74. The molecule has 2 aromatic rings. The van der Waals surface area contributed by atoms with Crippen LogP contribution in [-0.2, 0) is 10.7 Å². The van der Waals surface area contributed by atoms with E-state index in [1.165, 1.54) is 0 Å². The molecule has 1 unspecified atom stereocenters. The van der Waals surface area contributed by atoms with E-state index >= 15 is 0 Å². The van der Waals surface area contributed by atoms with Crippen molar-refractivity contribution in [2.24, 2.45) is 0 Å². The van der Waals surface area contributed by atoms with Gasteiger partial charge < -0.3 is 15.2 Å². The number of hydrogen-bond acceptors (Lipinski definition) is 4. The van der Waals surface area contributed by atoms with Crippen molar-refractivity contribution in [3.63, 3.8) is 0 Å². The molecule has 0 aliphatic rings. The van der Waals surface area contributed by atoms with E-state index in [-0.39, 0.29) is 0 Å². The van der Waals surface area contributed by atoms with E-state index in [0.29, 0.717) is 6.07 Å². The molecule has 164 valence electrons. The first-order chi connectivity index (χ1) is 13.7. The summed E-state index contributed by atoms with van der Waals surface area (Å²) >= 11 is 0. The Morgan fingerprint density at radius 3 is 2.07 bits per heavy atom. The van der Waals surface area contributed by atoms with Crippen molar-refractivity contribution in [3.8, 4) is 5.75 Å². The van der Waals surface area contributed by atoms with Crippen LogP contribution >= 0.6 is 0 Å². The van der Waals surface area contributed by atoms with Gasteiger partial charge in [-0.2, -0.15) is 30.7 Å². The molecule has 1 atom stereocenters. The zero-order chi connectivity index (χ0) is 23.1. The van der Waals surface area contributed by atoms with Crippen LogP contribution in [0, 0.1) is 0 Å². The van der Waals surface area contributed by atoms with Crippen molar-refractivity contribution >= 4 is 22.5 Å². The Balaban J connectivity index is 2.88. The predicted molar refractivity (Wildman–Crippen MR) is 90.2 cm³/mol. The van der Waals surface area contributed by atoms with E-state index in [2.05, 4.69) is 10.1 Å². The van der Waals surface area contributed by atoms with Crippen molar-refractivity contribution in [2.75, 3.05) is 14.2 Å². The van der Waals surface area contributed by atoms with Crippen LogP contribution in [0.1, 0.15) is 15.9 Å². The lowest BCUT2D eigenvalue weighted by Crippen LogP contribution is -2.50. The third kappa shape index (κ3) is 3.55. The molecule has 0 aliphatic heterocycles. The van der Waals surface area contributed by atoms with Crippen LogP contribution in [0.5, 0.6) is 5.75 Å². The molecule has 2 rings (SSSR count). The highest BCUT2D eigenvalue weighted by molar-refractivity contribution is 6.18. The molecule has 0 spiro atoms. The van der Waals surface area contributed by atoms with Crippen molar-refractivity contribution in [1.82, 2.24) is 5.32 Å². The van der Waals surface area contributed by atoms with Crippen molar-refractivity contribution < 1.29 is 50.2 Å². The molecule has 12 heteroatoms. The lowest BCUT2D eigenvalue weighted by molar-refractivity contribution is -0.359. The minimum atomic E-state index is -6.59.